The zero-order chi connectivity index (χ0) is 23.3. The first-order valence-electron chi connectivity index (χ1n) is 9.32. The van der Waals surface area contributed by atoms with Crippen molar-refractivity contribution in [3.8, 4) is 0 Å². The molecule has 0 aliphatic heterocycles. The highest BCUT2D eigenvalue weighted by molar-refractivity contribution is 7.98. The van der Waals surface area contributed by atoms with E-state index < -0.39 is 37.0 Å². The molecule has 2 rings (SSSR count). The number of carbonyl (C=O) groups is 4. The van der Waals surface area contributed by atoms with Crippen LogP contribution in [-0.2, 0) is 19.1 Å². The summed E-state index contributed by atoms with van der Waals surface area (Å²) in [5, 5.41) is 6.04. The van der Waals surface area contributed by atoms with Crippen molar-refractivity contribution in [3.63, 3.8) is 0 Å². The van der Waals surface area contributed by atoms with Gasteiger partial charge < -0.3 is 20.1 Å². The molecular formula is C20H22N4O6S2. The molecule has 0 radical (unpaired) electrons. The van der Waals surface area contributed by atoms with Crippen LogP contribution in [0.5, 0.6) is 0 Å². The van der Waals surface area contributed by atoms with Crippen LogP contribution in [0.3, 0.4) is 0 Å². The minimum absolute atomic E-state index is 0.109. The van der Waals surface area contributed by atoms with Crippen molar-refractivity contribution >= 4 is 47.3 Å². The lowest BCUT2D eigenvalue weighted by atomic mass is 10.3. The average molecular weight is 479 g/mol. The number of amides is 2. The largest absolute Gasteiger partial charge is 0.452 e. The Bertz CT molecular complexity index is 895. The van der Waals surface area contributed by atoms with Crippen LogP contribution in [0.25, 0.3) is 0 Å². The van der Waals surface area contributed by atoms with Crippen LogP contribution in [0, 0.1) is 0 Å². The van der Waals surface area contributed by atoms with Gasteiger partial charge in [-0.1, -0.05) is 0 Å². The molecule has 0 saturated carbocycles. The molecule has 0 aromatic carbocycles. The predicted molar refractivity (Wildman–Crippen MR) is 119 cm³/mol. The van der Waals surface area contributed by atoms with E-state index in [9.17, 15) is 19.2 Å². The molecule has 0 aliphatic carbocycles. The van der Waals surface area contributed by atoms with Crippen molar-refractivity contribution in [2.45, 2.75) is 10.1 Å². The lowest BCUT2D eigenvalue weighted by Crippen LogP contribution is -2.38. The van der Waals surface area contributed by atoms with Crippen molar-refractivity contribution < 1.29 is 28.7 Å². The molecule has 0 aliphatic rings. The van der Waals surface area contributed by atoms with Gasteiger partial charge >= 0.3 is 11.9 Å². The Morgan fingerprint density at radius 1 is 0.781 bits per heavy atom. The van der Waals surface area contributed by atoms with Crippen molar-refractivity contribution in [2.24, 2.45) is 0 Å². The number of thioether (sulfide) groups is 2. The molecule has 0 spiro atoms. The van der Waals surface area contributed by atoms with Gasteiger partial charge in [-0.05, 0) is 36.8 Å². The average Bonchev–Trinajstić information content (AvgIpc) is 2.83. The summed E-state index contributed by atoms with van der Waals surface area (Å²) in [6.45, 7) is -0.706. The van der Waals surface area contributed by atoms with Crippen LogP contribution in [0.4, 0.5) is 0 Å². The van der Waals surface area contributed by atoms with Gasteiger partial charge in [0.15, 0.2) is 13.2 Å². The van der Waals surface area contributed by atoms with Crippen molar-refractivity contribution in [3.05, 3.63) is 47.8 Å². The summed E-state index contributed by atoms with van der Waals surface area (Å²) in [6, 6.07) is 6.35. The van der Waals surface area contributed by atoms with Gasteiger partial charge in [0.25, 0.3) is 11.8 Å². The van der Waals surface area contributed by atoms with Gasteiger partial charge in [-0.2, -0.15) is 0 Å². The molecule has 2 aromatic rings. The Morgan fingerprint density at radius 2 is 1.19 bits per heavy atom. The highest BCUT2D eigenvalue weighted by Crippen LogP contribution is 2.18. The second kappa shape index (κ2) is 13.3. The quantitative estimate of drug-likeness (QED) is 0.275. The van der Waals surface area contributed by atoms with E-state index in [0.29, 0.717) is 10.1 Å². The van der Waals surface area contributed by atoms with Gasteiger partial charge in [-0.3, -0.25) is 9.59 Å². The number of ether oxygens (including phenoxy) is 2. The van der Waals surface area contributed by atoms with Gasteiger partial charge in [0.1, 0.15) is 10.1 Å². The van der Waals surface area contributed by atoms with Crippen LogP contribution in [0.2, 0.25) is 0 Å². The highest BCUT2D eigenvalue weighted by Gasteiger charge is 2.16. The maximum Gasteiger partial charge on any atom is 0.341 e. The van der Waals surface area contributed by atoms with Crippen molar-refractivity contribution in [1.29, 1.82) is 0 Å². The molecule has 0 bridgehead atoms. The number of aromatic nitrogens is 2. The molecule has 0 atom stereocenters. The topological polar surface area (TPSA) is 137 Å². The number of nitrogens with zero attached hydrogens (tertiary/aromatic N) is 2. The summed E-state index contributed by atoms with van der Waals surface area (Å²) >= 11 is 2.59. The van der Waals surface area contributed by atoms with Crippen molar-refractivity contribution in [2.75, 3.05) is 38.8 Å². The fourth-order valence-electron chi connectivity index (χ4n) is 2.34. The van der Waals surface area contributed by atoms with Crippen molar-refractivity contribution in [1.82, 2.24) is 20.6 Å². The molecule has 2 heterocycles. The van der Waals surface area contributed by atoms with E-state index in [1.54, 1.807) is 49.2 Å². The minimum atomic E-state index is -0.647. The molecule has 2 aromatic heterocycles. The first kappa shape index (κ1) is 25.1. The number of esters is 2. The smallest absolute Gasteiger partial charge is 0.341 e. The summed E-state index contributed by atoms with van der Waals surface area (Å²) in [5.74, 6) is -2.33. The first-order valence-corrected chi connectivity index (χ1v) is 11.8. The summed E-state index contributed by atoms with van der Waals surface area (Å²) in [7, 11) is 0. The summed E-state index contributed by atoms with van der Waals surface area (Å²) in [6.07, 6.45) is 6.68. The Hall–Kier alpha value is -3.12. The van der Waals surface area contributed by atoms with Gasteiger partial charge in [-0.25, -0.2) is 19.6 Å². The Balaban J connectivity index is 1.63. The molecule has 2 amide bonds. The molecule has 10 nitrogen and oxygen atoms in total. The number of rotatable bonds is 11. The first-order chi connectivity index (χ1) is 15.5. The summed E-state index contributed by atoms with van der Waals surface area (Å²) < 4.78 is 9.96. The molecule has 170 valence electrons. The molecule has 2 N–H and O–H groups in total. The third kappa shape index (κ3) is 7.85. The molecule has 0 unspecified atom stereocenters. The fraction of sp³-hybridized carbons (Fsp3) is 0.300. The zero-order valence-corrected chi connectivity index (χ0v) is 19.1. The zero-order valence-electron chi connectivity index (χ0n) is 17.5. The number of nitrogens with one attached hydrogen (secondary N) is 2. The maximum atomic E-state index is 12.1. The third-order valence-electron chi connectivity index (χ3n) is 3.81. The fourth-order valence-corrected chi connectivity index (χ4v) is 3.42. The van der Waals surface area contributed by atoms with E-state index >= 15 is 0 Å². The van der Waals surface area contributed by atoms with E-state index in [-0.39, 0.29) is 24.2 Å². The third-order valence-corrected chi connectivity index (χ3v) is 5.23. The molecular weight excluding hydrogens is 456 g/mol. The Morgan fingerprint density at radius 3 is 1.56 bits per heavy atom. The van der Waals surface area contributed by atoms with Crippen LogP contribution in [-0.4, -0.2) is 72.5 Å². The summed E-state index contributed by atoms with van der Waals surface area (Å²) in [5.41, 5.74) is 0.566. The van der Waals surface area contributed by atoms with E-state index in [0.717, 1.165) is 0 Å². The van der Waals surface area contributed by atoms with Gasteiger partial charge in [0, 0.05) is 25.5 Å². The minimum Gasteiger partial charge on any atom is -0.452 e. The monoisotopic (exact) mass is 478 g/mol. The molecule has 0 saturated heterocycles. The van der Waals surface area contributed by atoms with E-state index in [2.05, 4.69) is 20.6 Å². The van der Waals surface area contributed by atoms with E-state index in [1.165, 1.54) is 23.5 Å². The lowest BCUT2D eigenvalue weighted by Gasteiger charge is -2.09. The number of hydrogen-bond acceptors (Lipinski definition) is 10. The van der Waals surface area contributed by atoms with Crippen LogP contribution in [0.15, 0.2) is 46.7 Å². The maximum absolute atomic E-state index is 12.1. The Labute approximate surface area is 193 Å². The highest BCUT2D eigenvalue weighted by atomic mass is 32.2. The number of carbonyl (C=O) groups excluding carboxylic acids is 4. The number of hydrogen-bond donors (Lipinski definition) is 2. The van der Waals surface area contributed by atoms with Gasteiger partial charge in [0.05, 0.1) is 11.1 Å². The van der Waals surface area contributed by atoms with Crippen LogP contribution >= 0.6 is 23.5 Å². The molecule has 12 heteroatoms. The predicted octanol–water partition coefficient (Wildman–Crippen LogP) is 1.17. The second-order valence-corrected chi connectivity index (χ2v) is 7.56. The lowest BCUT2D eigenvalue weighted by molar-refractivity contribution is -0.125. The van der Waals surface area contributed by atoms with E-state index in [1.807, 2.05) is 0 Å². The van der Waals surface area contributed by atoms with Crippen LogP contribution in [0.1, 0.15) is 20.7 Å². The number of pyridine rings is 2. The van der Waals surface area contributed by atoms with Gasteiger partial charge in [-0.15, -0.1) is 23.5 Å². The van der Waals surface area contributed by atoms with E-state index in [4.69, 9.17) is 9.47 Å². The summed E-state index contributed by atoms with van der Waals surface area (Å²) in [4.78, 5) is 55.9. The molecule has 0 fully saturated rings. The molecule has 32 heavy (non-hydrogen) atoms. The standard InChI is InChI=1S/C20H22N4O6S2/c1-31-17-13(5-3-7-23-17)19(27)29-11-15(25)21-9-10-22-16(26)12-30-20(28)14-6-4-8-24-18(14)32-2/h3-8H,9-12H2,1-2H3,(H,21,25)(H,22,26). The van der Waals surface area contributed by atoms with Gasteiger partial charge in [0.2, 0.25) is 0 Å². The Kier molecular flexibility index (Phi) is 10.5. The normalized spacial score (nSPS) is 10.2. The second-order valence-electron chi connectivity index (χ2n) is 5.97. The SMILES string of the molecule is CSc1ncccc1C(=O)OCC(=O)NCCNC(=O)COC(=O)c1cccnc1SC. The van der Waals surface area contributed by atoms with Crippen LogP contribution < -0.4 is 10.6 Å².